The summed E-state index contributed by atoms with van der Waals surface area (Å²) < 4.78 is 0.311. The monoisotopic (exact) mass is 492 g/mol. The Balaban J connectivity index is 1.98. The molecule has 1 aromatic rings. The van der Waals surface area contributed by atoms with Gasteiger partial charge in [0.25, 0.3) is 5.91 Å². The lowest BCUT2D eigenvalue weighted by Crippen LogP contribution is -2.65. The number of rotatable bonds is 2. The van der Waals surface area contributed by atoms with E-state index in [9.17, 15) is 34.8 Å². The smallest absolute Gasteiger partial charge is 0.255 e. The van der Waals surface area contributed by atoms with Gasteiger partial charge in [-0.3, -0.25) is 19.3 Å². The first-order chi connectivity index (χ1) is 14.4. The molecule has 1 amide bonds. The average molecular weight is 493 g/mol. The summed E-state index contributed by atoms with van der Waals surface area (Å²) in [5, 5.41) is 43.5. The number of aliphatic hydroxyl groups excluding tert-OH is 2. The lowest BCUT2D eigenvalue weighted by Gasteiger charge is -2.50. The van der Waals surface area contributed by atoms with Crippen LogP contribution in [-0.2, 0) is 20.8 Å². The van der Waals surface area contributed by atoms with Crippen molar-refractivity contribution in [1.82, 2.24) is 4.90 Å². The molecule has 6 N–H and O–H groups in total. The van der Waals surface area contributed by atoms with Crippen LogP contribution in [0.3, 0.4) is 0 Å². The van der Waals surface area contributed by atoms with Crippen molar-refractivity contribution in [3.63, 3.8) is 0 Å². The Morgan fingerprint density at radius 1 is 1.23 bits per heavy atom. The minimum Gasteiger partial charge on any atom is -0.508 e. The van der Waals surface area contributed by atoms with Gasteiger partial charge in [-0.05, 0) is 60.4 Å². The zero-order valence-corrected chi connectivity index (χ0v) is 18.3. The molecule has 0 bridgehead atoms. The van der Waals surface area contributed by atoms with Gasteiger partial charge in [-0.2, -0.15) is 0 Å². The zero-order chi connectivity index (χ0) is 23.0. The third kappa shape index (κ3) is 2.71. The van der Waals surface area contributed by atoms with Crippen LogP contribution in [-0.4, -0.2) is 68.5 Å². The van der Waals surface area contributed by atoms with E-state index in [0.29, 0.717) is 10.0 Å². The van der Waals surface area contributed by atoms with Crippen LogP contribution in [0.2, 0.25) is 0 Å². The standard InChI is InChI=1S/C21H21BrN2O7/c1-24(2)14-9-6-8-5-7-3-4-10(22)15(25)11(7)16(26)12(8)18(28)21(9,31)19(29)13(17(14)27)20(23)30/h3-4,8-9,14,25-26,29,31H,5-6H2,1-2H3,(H2,23,30)/t8-,9-,14-,21-/m0/s1. The fraction of sp³-hybridized carbons (Fsp3) is 0.381. The number of amides is 1. The normalized spacial score (nSPS) is 30.3. The van der Waals surface area contributed by atoms with Crippen molar-refractivity contribution in [2.75, 3.05) is 14.1 Å². The number of aliphatic hydroxyl groups is 3. The molecule has 1 fully saturated rings. The summed E-state index contributed by atoms with van der Waals surface area (Å²) in [5.41, 5.74) is 2.33. The van der Waals surface area contributed by atoms with Crippen LogP contribution in [0, 0.1) is 11.8 Å². The van der Waals surface area contributed by atoms with Gasteiger partial charge in [0.2, 0.25) is 5.78 Å². The van der Waals surface area contributed by atoms with Crippen LogP contribution in [0.5, 0.6) is 5.75 Å². The van der Waals surface area contributed by atoms with Gasteiger partial charge in [0, 0.05) is 11.5 Å². The van der Waals surface area contributed by atoms with E-state index in [1.807, 2.05) is 0 Å². The van der Waals surface area contributed by atoms with Crippen LogP contribution >= 0.6 is 15.9 Å². The fourth-order valence-electron chi connectivity index (χ4n) is 5.19. The first kappa shape index (κ1) is 21.5. The number of benzene rings is 1. The van der Waals surface area contributed by atoms with Crippen molar-refractivity contribution >= 4 is 39.2 Å². The van der Waals surface area contributed by atoms with Gasteiger partial charge < -0.3 is 26.2 Å². The second kappa shape index (κ2) is 6.91. The minimum atomic E-state index is -2.62. The molecule has 0 spiro atoms. The van der Waals surface area contributed by atoms with Crippen LogP contribution in [0.1, 0.15) is 17.5 Å². The molecule has 0 saturated heterocycles. The average Bonchev–Trinajstić information content (AvgIpc) is 2.67. The second-order valence-corrected chi connectivity index (χ2v) is 9.25. The highest BCUT2D eigenvalue weighted by atomic mass is 79.9. The number of Topliss-reactive ketones (excluding diaryl/α,β-unsaturated/α-hetero) is 2. The number of primary amides is 1. The molecule has 164 valence electrons. The molecular weight excluding hydrogens is 472 g/mol. The molecule has 0 heterocycles. The number of fused-ring (bicyclic) bond motifs is 3. The van der Waals surface area contributed by atoms with Gasteiger partial charge in [0.05, 0.1) is 16.1 Å². The van der Waals surface area contributed by atoms with E-state index in [-0.39, 0.29) is 29.7 Å². The molecular formula is C21H21BrN2O7. The number of aromatic hydroxyl groups is 1. The van der Waals surface area contributed by atoms with E-state index in [1.54, 1.807) is 26.2 Å². The van der Waals surface area contributed by atoms with E-state index < -0.39 is 58.0 Å². The molecule has 31 heavy (non-hydrogen) atoms. The van der Waals surface area contributed by atoms with Crippen LogP contribution in [0.25, 0.3) is 5.76 Å². The number of ketones is 2. The highest BCUT2D eigenvalue weighted by Gasteiger charge is 2.64. The van der Waals surface area contributed by atoms with Gasteiger partial charge in [-0.1, -0.05) is 6.07 Å². The van der Waals surface area contributed by atoms with Crippen molar-refractivity contribution in [3.05, 3.63) is 44.6 Å². The summed E-state index contributed by atoms with van der Waals surface area (Å²) in [7, 11) is 3.12. The number of halogens is 1. The Hall–Kier alpha value is -2.69. The highest BCUT2D eigenvalue weighted by Crippen LogP contribution is 2.53. The van der Waals surface area contributed by atoms with E-state index in [2.05, 4.69) is 15.9 Å². The quantitative estimate of drug-likeness (QED) is 0.377. The van der Waals surface area contributed by atoms with Gasteiger partial charge in [0.15, 0.2) is 11.4 Å². The van der Waals surface area contributed by atoms with Gasteiger partial charge in [-0.15, -0.1) is 0 Å². The summed E-state index contributed by atoms with van der Waals surface area (Å²) in [6, 6.07) is 2.24. The van der Waals surface area contributed by atoms with Crippen molar-refractivity contribution in [2.45, 2.75) is 24.5 Å². The number of nitrogens with two attached hydrogens (primary N) is 1. The molecule has 10 heteroatoms. The summed E-state index contributed by atoms with van der Waals surface area (Å²) in [6.45, 7) is 0. The predicted octanol–water partition coefficient (Wildman–Crippen LogP) is 0.727. The largest absolute Gasteiger partial charge is 0.508 e. The van der Waals surface area contributed by atoms with Crippen LogP contribution in [0.15, 0.2) is 33.5 Å². The number of phenols is 1. The number of likely N-dealkylation sites (N-methyl/N-ethyl adjacent to an activating group) is 1. The van der Waals surface area contributed by atoms with Crippen molar-refractivity contribution in [2.24, 2.45) is 17.6 Å². The third-order valence-electron chi connectivity index (χ3n) is 6.54. The van der Waals surface area contributed by atoms with Crippen LogP contribution < -0.4 is 5.73 Å². The molecule has 3 aliphatic carbocycles. The van der Waals surface area contributed by atoms with Gasteiger partial charge >= 0.3 is 0 Å². The van der Waals surface area contributed by atoms with Crippen molar-refractivity contribution in [3.8, 4) is 5.75 Å². The summed E-state index contributed by atoms with van der Waals surface area (Å²) in [5.74, 6) is -6.55. The maximum absolute atomic E-state index is 13.5. The molecule has 1 saturated carbocycles. The molecule has 4 rings (SSSR count). The first-order valence-corrected chi connectivity index (χ1v) is 10.4. The van der Waals surface area contributed by atoms with Crippen molar-refractivity contribution in [1.29, 1.82) is 0 Å². The lowest BCUT2D eigenvalue weighted by atomic mass is 9.57. The number of phenolic OH excluding ortho intramolecular Hbond substituents is 1. The number of nitrogens with zero attached hydrogens (tertiary/aromatic N) is 1. The molecule has 3 aliphatic rings. The molecule has 0 aromatic heterocycles. The maximum Gasteiger partial charge on any atom is 0.255 e. The Kier molecular flexibility index (Phi) is 4.80. The lowest BCUT2D eigenvalue weighted by molar-refractivity contribution is -0.153. The molecule has 4 atom stereocenters. The predicted molar refractivity (Wildman–Crippen MR) is 112 cm³/mol. The topological polar surface area (TPSA) is 161 Å². The van der Waals surface area contributed by atoms with E-state index in [0.717, 1.165) is 0 Å². The second-order valence-electron chi connectivity index (χ2n) is 8.39. The summed E-state index contributed by atoms with van der Waals surface area (Å²) >= 11 is 3.17. The van der Waals surface area contributed by atoms with E-state index >= 15 is 0 Å². The fourth-order valence-corrected chi connectivity index (χ4v) is 5.52. The Morgan fingerprint density at radius 3 is 2.45 bits per heavy atom. The molecule has 9 nitrogen and oxygen atoms in total. The summed E-state index contributed by atoms with van der Waals surface area (Å²) in [6.07, 6.45) is 0.345. The van der Waals surface area contributed by atoms with E-state index in [1.165, 1.54) is 4.90 Å². The Bertz CT molecular complexity index is 1120. The molecule has 0 radical (unpaired) electrons. The first-order valence-electron chi connectivity index (χ1n) is 9.58. The number of carbonyl (C=O) groups excluding carboxylic acids is 3. The van der Waals surface area contributed by atoms with Crippen molar-refractivity contribution < 1.29 is 34.8 Å². The highest BCUT2D eigenvalue weighted by molar-refractivity contribution is 9.10. The van der Waals surface area contributed by atoms with Crippen LogP contribution in [0.4, 0.5) is 0 Å². The molecule has 0 unspecified atom stereocenters. The number of hydrogen-bond donors (Lipinski definition) is 5. The SMILES string of the molecule is CN(C)[C@@H]1C(=O)C(C(N)=O)=C(O)[C@@]2(O)C(=O)C3=C(O)c4c(ccc(Br)c4O)C[C@H]3C[C@@H]12. The number of carbonyl (C=O) groups is 3. The van der Waals surface area contributed by atoms with Gasteiger partial charge in [0.1, 0.15) is 22.8 Å². The summed E-state index contributed by atoms with van der Waals surface area (Å²) in [4.78, 5) is 39.9. The van der Waals surface area contributed by atoms with Gasteiger partial charge in [-0.25, -0.2) is 0 Å². The minimum absolute atomic E-state index is 0.0608. The maximum atomic E-state index is 13.5. The zero-order valence-electron chi connectivity index (χ0n) is 16.7. The molecule has 1 aromatic carbocycles. The Labute approximate surface area is 185 Å². The van der Waals surface area contributed by atoms with E-state index in [4.69, 9.17) is 5.73 Å². The molecule has 0 aliphatic heterocycles. The number of hydrogen-bond acceptors (Lipinski definition) is 8. The Morgan fingerprint density at radius 2 is 1.87 bits per heavy atom. The third-order valence-corrected chi connectivity index (χ3v) is 7.18.